The quantitative estimate of drug-likeness (QED) is 0.492. The molecule has 2 aromatic heterocycles. The Labute approximate surface area is 123 Å². The number of nitrogens with two attached hydrogens (primary N) is 1. The smallest absolute Gasteiger partial charge is 0.158 e. The van der Waals surface area contributed by atoms with Crippen LogP contribution in [0.25, 0.3) is 0 Å². The molecule has 2 heterocycles. The number of anilines is 2. The predicted octanol–water partition coefficient (Wildman–Crippen LogP) is 0.996. The Morgan fingerprint density at radius 3 is 2.86 bits per heavy atom. The minimum atomic E-state index is 0.180. The maximum absolute atomic E-state index is 5.44. The van der Waals surface area contributed by atoms with E-state index < -0.39 is 0 Å². The average molecular weight is 291 g/mol. The number of rotatable bonds is 8. The molecule has 2 aromatic rings. The van der Waals surface area contributed by atoms with Crippen LogP contribution >= 0.6 is 0 Å². The summed E-state index contributed by atoms with van der Waals surface area (Å²) in [6, 6.07) is 1.94. The predicted molar refractivity (Wildman–Crippen MR) is 80.5 cm³/mol. The van der Waals surface area contributed by atoms with Gasteiger partial charge in [0.2, 0.25) is 0 Å². The monoisotopic (exact) mass is 291 g/mol. The van der Waals surface area contributed by atoms with Crippen molar-refractivity contribution in [3.63, 3.8) is 0 Å². The Kier molecular flexibility index (Phi) is 5.47. The summed E-state index contributed by atoms with van der Waals surface area (Å²) in [5.74, 6) is 7.28. The highest BCUT2D eigenvalue weighted by Crippen LogP contribution is 2.12. The molecule has 8 heteroatoms. The Hall–Kier alpha value is -2.19. The molecule has 0 aliphatic rings. The fourth-order valence-electron chi connectivity index (χ4n) is 1.91. The van der Waals surface area contributed by atoms with E-state index in [9.17, 15) is 0 Å². The van der Waals surface area contributed by atoms with Crippen molar-refractivity contribution in [3.8, 4) is 0 Å². The summed E-state index contributed by atoms with van der Waals surface area (Å²) in [6.07, 6.45) is 5.46. The molecule has 114 valence electrons. The molecule has 4 N–H and O–H groups in total. The van der Waals surface area contributed by atoms with Crippen LogP contribution in [0.2, 0.25) is 0 Å². The Morgan fingerprint density at radius 1 is 1.38 bits per heavy atom. The third kappa shape index (κ3) is 4.69. The van der Waals surface area contributed by atoms with Gasteiger partial charge in [0.15, 0.2) is 5.82 Å². The van der Waals surface area contributed by atoms with Crippen LogP contribution in [0.3, 0.4) is 0 Å². The lowest BCUT2D eigenvalue weighted by Crippen LogP contribution is -2.23. The molecule has 0 aromatic carbocycles. The number of imidazole rings is 1. The molecule has 0 bridgehead atoms. The van der Waals surface area contributed by atoms with Crippen LogP contribution in [0.5, 0.6) is 0 Å². The minimum Gasteiger partial charge on any atom is -0.374 e. The molecule has 0 fully saturated rings. The van der Waals surface area contributed by atoms with Crippen LogP contribution in [0.4, 0.5) is 11.6 Å². The second kappa shape index (κ2) is 7.55. The summed E-state index contributed by atoms with van der Waals surface area (Å²) >= 11 is 0. The van der Waals surface area contributed by atoms with E-state index in [1.807, 2.05) is 17.7 Å². The summed E-state index contributed by atoms with van der Waals surface area (Å²) in [7, 11) is 0. The lowest BCUT2D eigenvalue weighted by atomic mass is 10.3. The van der Waals surface area contributed by atoms with Crippen LogP contribution in [0.15, 0.2) is 24.8 Å². The zero-order valence-electron chi connectivity index (χ0n) is 12.3. The standard InChI is InChI=1S/C13H21N7O/c1-3-21-8-13-17-11(6-12(18-13)19-14)16-10(2)7-20-5-4-15-9-20/h4-6,9-10H,3,7-8,14H2,1-2H3,(H2,16,17,18,19). The maximum atomic E-state index is 5.44. The average Bonchev–Trinajstić information content (AvgIpc) is 2.97. The van der Waals surface area contributed by atoms with Gasteiger partial charge >= 0.3 is 0 Å². The van der Waals surface area contributed by atoms with Gasteiger partial charge in [-0.15, -0.1) is 0 Å². The van der Waals surface area contributed by atoms with Crippen LogP contribution in [0, 0.1) is 0 Å². The van der Waals surface area contributed by atoms with Crippen LogP contribution in [0.1, 0.15) is 19.7 Å². The van der Waals surface area contributed by atoms with Gasteiger partial charge in [-0.05, 0) is 13.8 Å². The number of hydrazine groups is 1. The second-order valence-electron chi connectivity index (χ2n) is 4.64. The first-order chi connectivity index (χ1) is 10.2. The van der Waals surface area contributed by atoms with E-state index in [0.29, 0.717) is 30.7 Å². The normalized spacial score (nSPS) is 12.1. The summed E-state index contributed by atoms with van der Waals surface area (Å²) in [6.45, 7) is 5.76. The number of nitrogen functional groups attached to an aromatic ring is 1. The van der Waals surface area contributed by atoms with Crippen molar-refractivity contribution in [2.45, 2.75) is 33.0 Å². The van der Waals surface area contributed by atoms with Gasteiger partial charge in [0, 0.05) is 37.7 Å². The van der Waals surface area contributed by atoms with E-state index in [1.54, 1.807) is 18.6 Å². The molecule has 0 saturated heterocycles. The van der Waals surface area contributed by atoms with Crippen molar-refractivity contribution in [2.75, 3.05) is 17.3 Å². The first-order valence-electron chi connectivity index (χ1n) is 6.86. The van der Waals surface area contributed by atoms with E-state index in [2.05, 4.69) is 32.6 Å². The molecule has 1 atom stereocenters. The molecule has 0 aliphatic carbocycles. The first-order valence-corrected chi connectivity index (χ1v) is 6.86. The van der Waals surface area contributed by atoms with Crippen molar-refractivity contribution in [1.29, 1.82) is 0 Å². The Balaban J connectivity index is 2.03. The summed E-state index contributed by atoms with van der Waals surface area (Å²) < 4.78 is 7.33. The third-order valence-corrected chi connectivity index (χ3v) is 2.79. The van der Waals surface area contributed by atoms with Crippen molar-refractivity contribution < 1.29 is 4.74 Å². The number of aromatic nitrogens is 4. The van der Waals surface area contributed by atoms with Crippen LogP contribution < -0.4 is 16.6 Å². The molecule has 8 nitrogen and oxygen atoms in total. The second-order valence-corrected chi connectivity index (χ2v) is 4.64. The molecule has 0 radical (unpaired) electrons. The number of nitrogens with one attached hydrogen (secondary N) is 2. The van der Waals surface area contributed by atoms with Crippen molar-refractivity contribution >= 4 is 11.6 Å². The van der Waals surface area contributed by atoms with E-state index in [-0.39, 0.29) is 6.04 Å². The van der Waals surface area contributed by atoms with E-state index in [0.717, 1.165) is 6.54 Å². The van der Waals surface area contributed by atoms with Crippen LogP contribution in [-0.2, 0) is 17.9 Å². The highest BCUT2D eigenvalue weighted by molar-refractivity contribution is 5.47. The zero-order chi connectivity index (χ0) is 15.1. The molecule has 0 amide bonds. The summed E-state index contributed by atoms with van der Waals surface area (Å²) in [4.78, 5) is 12.7. The highest BCUT2D eigenvalue weighted by atomic mass is 16.5. The van der Waals surface area contributed by atoms with Crippen LogP contribution in [-0.4, -0.2) is 32.2 Å². The third-order valence-electron chi connectivity index (χ3n) is 2.79. The molecule has 21 heavy (non-hydrogen) atoms. The van der Waals surface area contributed by atoms with Gasteiger partial charge in [-0.1, -0.05) is 0 Å². The molecule has 0 spiro atoms. The number of hydrogen-bond acceptors (Lipinski definition) is 7. The fourth-order valence-corrected chi connectivity index (χ4v) is 1.91. The van der Waals surface area contributed by atoms with Gasteiger partial charge in [0.25, 0.3) is 0 Å². The van der Waals surface area contributed by atoms with Gasteiger partial charge < -0.3 is 20.0 Å². The molecule has 0 saturated carbocycles. The summed E-state index contributed by atoms with van der Waals surface area (Å²) in [5, 5.41) is 3.32. The zero-order valence-corrected chi connectivity index (χ0v) is 12.3. The van der Waals surface area contributed by atoms with Gasteiger partial charge in [0.1, 0.15) is 18.2 Å². The first kappa shape index (κ1) is 15.2. The van der Waals surface area contributed by atoms with Crippen molar-refractivity contribution in [2.24, 2.45) is 5.84 Å². The number of hydrogen-bond donors (Lipinski definition) is 3. The van der Waals surface area contributed by atoms with E-state index in [1.165, 1.54) is 0 Å². The Morgan fingerprint density at radius 2 is 2.19 bits per heavy atom. The molecule has 0 aliphatic heterocycles. The Bertz CT molecular complexity index is 543. The van der Waals surface area contributed by atoms with Gasteiger partial charge in [-0.3, -0.25) is 0 Å². The molecular weight excluding hydrogens is 270 g/mol. The highest BCUT2D eigenvalue weighted by Gasteiger charge is 2.08. The van der Waals surface area contributed by atoms with Gasteiger partial charge in [-0.25, -0.2) is 20.8 Å². The lowest BCUT2D eigenvalue weighted by molar-refractivity contribution is 0.128. The van der Waals surface area contributed by atoms with Crippen molar-refractivity contribution in [3.05, 3.63) is 30.6 Å². The number of nitrogens with zero attached hydrogens (tertiary/aromatic N) is 4. The minimum absolute atomic E-state index is 0.180. The van der Waals surface area contributed by atoms with Gasteiger partial charge in [-0.2, -0.15) is 0 Å². The molecular formula is C13H21N7O. The molecule has 2 rings (SSSR count). The van der Waals surface area contributed by atoms with Gasteiger partial charge in [0.05, 0.1) is 6.33 Å². The van der Waals surface area contributed by atoms with E-state index in [4.69, 9.17) is 10.6 Å². The SMILES string of the molecule is CCOCc1nc(NN)cc(NC(C)Cn2ccnc2)n1. The maximum Gasteiger partial charge on any atom is 0.158 e. The topological polar surface area (TPSA) is 103 Å². The lowest BCUT2D eigenvalue weighted by Gasteiger charge is -2.16. The number of ether oxygens (including phenoxy) is 1. The van der Waals surface area contributed by atoms with E-state index >= 15 is 0 Å². The summed E-state index contributed by atoms with van der Waals surface area (Å²) in [5.41, 5.74) is 2.54. The molecule has 1 unspecified atom stereocenters. The fraction of sp³-hybridized carbons (Fsp3) is 0.462. The largest absolute Gasteiger partial charge is 0.374 e. The van der Waals surface area contributed by atoms with Crippen molar-refractivity contribution in [1.82, 2.24) is 19.5 Å².